The van der Waals surface area contributed by atoms with Gasteiger partial charge in [-0.1, -0.05) is 11.6 Å². The molecule has 0 spiro atoms. The summed E-state index contributed by atoms with van der Waals surface area (Å²) < 4.78 is 11.0. The van der Waals surface area contributed by atoms with Crippen molar-refractivity contribution >= 4 is 0 Å². The van der Waals surface area contributed by atoms with E-state index in [-0.39, 0.29) is 0 Å². The number of ether oxygens (including phenoxy) is 2. The maximum Gasteiger partial charge on any atom is 0.124 e. The first-order valence-electron chi connectivity index (χ1n) is 7.80. The summed E-state index contributed by atoms with van der Waals surface area (Å²) in [6, 6.07) is 5.94. The third-order valence-electron chi connectivity index (χ3n) is 4.11. The number of rotatable bonds is 6. The molecule has 1 aromatic rings. The lowest BCUT2D eigenvalue weighted by Gasteiger charge is -2.33. The summed E-state index contributed by atoms with van der Waals surface area (Å²) in [6.45, 7) is 7.47. The van der Waals surface area contributed by atoms with Crippen molar-refractivity contribution in [3.05, 3.63) is 29.3 Å². The third kappa shape index (κ3) is 4.43. The fraction of sp³-hybridized carbons (Fsp3) is 0.647. The number of aliphatic hydroxyl groups is 1. The lowest BCUT2D eigenvalue weighted by atomic mass is 10.0. The van der Waals surface area contributed by atoms with E-state index < -0.39 is 6.10 Å². The highest BCUT2D eigenvalue weighted by Gasteiger charge is 2.23. The fourth-order valence-electron chi connectivity index (χ4n) is 2.95. The standard InChI is InChI=1S/C17H27NO3/c1-4-21-14-7-9-18(10-8-14)12-16(19)15-11-13(2)5-6-17(15)20-3/h5-6,11,14,16,19H,4,7-10,12H2,1-3H3. The molecule has 0 aromatic heterocycles. The van der Waals surface area contributed by atoms with E-state index in [2.05, 4.69) is 4.90 Å². The molecule has 0 radical (unpaired) electrons. The Labute approximate surface area is 127 Å². The van der Waals surface area contributed by atoms with Crippen LogP contribution in [0, 0.1) is 6.92 Å². The Bertz CT molecular complexity index is 442. The van der Waals surface area contributed by atoms with E-state index in [1.807, 2.05) is 32.0 Å². The summed E-state index contributed by atoms with van der Waals surface area (Å²) in [6.07, 6.45) is 1.97. The predicted molar refractivity (Wildman–Crippen MR) is 83.8 cm³/mol. The van der Waals surface area contributed by atoms with Crippen molar-refractivity contribution in [2.45, 2.75) is 38.9 Å². The molecule has 1 heterocycles. The Morgan fingerprint density at radius 1 is 1.33 bits per heavy atom. The lowest BCUT2D eigenvalue weighted by Crippen LogP contribution is -2.39. The van der Waals surface area contributed by atoms with Gasteiger partial charge in [0.15, 0.2) is 0 Å². The quantitative estimate of drug-likeness (QED) is 0.875. The Balaban J connectivity index is 1.93. The summed E-state index contributed by atoms with van der Waals surface area (Å²) >= 11 is 0. The SMILES string of the molecule is CCOC1CCN(CC(O)c2cc(C)ccc2OC)CC1. The van der Waals surface area contributed by atoms with Gasteiger partial charge >= 0.3 is 0 Å². The molecule has 0 bridgehead atoms. The molecule has 4 nitrogen and oxygen atoms in total. The minimum Gasteiger partial charge on any atom is -0.496 e. The fourth-order valence-corrected chi connectivity index (χ4v) is 2.95. The highest BCUT2D eigenvalue weighted by molar-refractivity contribution is 5.38. The van der Waals surface area contributed by atoms with Gasteiger partial charge in [-0.25, -0.2) is 0 Å². The number of benzene rings is 1. The average Bonchev–Trinajstić information content (AvgIpc) is 2.49. The van der Waals surface area contributed by atoms with Gasteiger partial charge in [-0.15, -0.1) is 0 Å². The van der Waals surface area contributed by atoms with Crippen LogP contribution in [0.5, 0.6) is 5.75 Å². The van der Waals surface area contributed by atoms with Crippen LogP contribution in [0.1, 0.15) is 37.0 Å². The summed E-state index contributed by atoms with van der Waals surface area (Å²) in [7, 11) is 1.65. The van der Waals surface area contributed by atoms with E-state index in [9.17, 15) is 5.11 Å². The van der Waals surface area contributed by atoms with Crippen LogP contribution >= 0.6 is 0 Å². The van der Waals surface area contributed by atoms with Crippen LogP contribution < -0.4 is 4.74 Å². The van der Waals surface area contributed by atoms with Crippen molar-refractivity contribution in [1.82, 2.24) is 4.90 Å². The van der Waals surface area contributed by atoms with Crippen LogP contribution in [0.2, 0.25) is 0 Å². The molecule has 1 atom stereocenters. The summed E-state index contributed by atoms with van der Waals surface area (Å²) in [4.78, 5) is 2.31. The first kappa shape index (κ1) is 16.3. The maximum absolute atomic E-state index is 10.5. The molecule has 1 aliphatic heterocycles. The second-order valence-electron chi connectivity index (χ2n) is 5.72. The highest BCUT2D eigenvalue weighted by Crippen LogP contribution is 2.27. The number of likely N-dealkylation sites (tertiary alicyclic amines) is 1. The first-order chi connectivity index (χ1) is 10.1. The van der Waals surface area contributed by atoms with Crippen LogP contribution in [-0.4, -0.2) is 49.5 Å². The number of nitrogens with zero attached hydrogens (tertiary/aromatic N) is 1. The molecule has 4 heteroatoms. The number of β-amino-alcohol motifs (C(OH)–C–C–N with tert-alkyl or cyclic N) is 1. The zero-order chi connectivity index (χ0) is 15.2. The zero-order valence-electron chi connectivity index (χ0n) is 13.3. The van der Waals surface area contributed by atoms with E-state index in [4.69, 9.17) is 9.47 Å². The van der Waals surface area contributed by atoms with Crippen molar-refractivity contribution in [3.63, 3.8) is 0 Å². The smallest absolute Gasteiger partial charge is 0.124 e. The van der Waals surface area contributed by atoms with E-state index in [1.54, 1.807) is 7.11 Å². The van der Waals surface area contributed by atoms with Crippen LogP contribution in [-0.2, 0) is 4.74 Å². The normalized spacial score (nSPS) is 18.7. The topological polar surface area (TPSA) is 41.9 Å². The van der Waals surface area contributed by atoms with Gasteiger partial charge in [0, 0.05) is 31.8 Å². The zero-order valence-corrected chi connectivity index (χ0v) is 13.3. The maximum atomic E-state index is 10.5. The summed E-state index contributed by atoms with van der Waals surface area (Å²) in [5, 5.41) is 10.5. The lowest BCUT2D eigenvalue weighted by molar-refractivity contribution is 0.00307. The number of hydrogen-bond acceptors (Lipinski definition) is 4. The van der Waals surface area contributed by atoms with Crippen molar-refractivity contribution < 1.29 is 14.6 Å². The minimum absolute atomic E-state index is 0.386. The van der Waals surface area contributed by atoms with E-state index in [0.717, 1.165) is 49.4 Å². The predicted octanol–water partition coefficient (Wildman–Crippen LogP) is 2.54. The molecule has 0 saturated carbocycles. The summed E-state index contributed by atoms with van der Waals surface area (Å²) in [5.41, 5.74) is 2.02. The Hall–Kier alpha value is -1.10. The van der Waals surface area contributed by atoms with Crippen LogP contribution in [0.15, 0.2) is 18.2 Å². The molecular formula is C17H27NO3. The molecule has 1 unspecified atom stereocenters. The van der Waals surface area contributed by atoms with Crippen LogP contribution in [0.25, 0.3) is 0 Å². The Morgan fingerprint density at radius 2 is 2.05 bits per heavy atom. The van der Waals surface area contributed by atoms with Gasteiger partial charge in [-0.3, -0.25) is 0 Å². The molecule has 21 heavy (non-hydrogen) atoms. The van der Waals surface area contributed by atoms with Crippen molar-refractivity contribution in [2.75, 3.05) is 33.4 Å². The molecule has 1 aliphatic rings. The second-order valence-corrected chi connectivity index (χ2v) is 5.72. The van der Waals surface area contributed by atoms with E-state index in [1.165, 1.54) is 0 Å². The molecule has 1 saturated heterocycles. The van der Waals surface area contributed by atoms with Gasteiger partial charge in [0.25, 0.3) is 0 Å². The highest BCUT2D eigenvalue weighted by atomic mass is 16.5. The molecule has 118 valence electrons. The Morgan fingerprint density at radius 3 is 2.67 bits per heavy atom. The monoisotopic (exact) mass is 293 g/mol. The van der Waals surface area contributed by atoms with Gasteiger partial charge in [0.05, 0.1) is 19.3 Å². The van der Waals surface area contributed by atoms with Crippen molar-refractivity contribution in [2.24, 2.45) is 0 Å². The van der Waals surface area contributed by atoms with E-state index in [0.29, 0.717) is 12.6 Å². The van der Waals surface area contributed by atoms with Gasteiger partial charge in [0.1, 0.15) is 5.75 Å². The molecule has 1 N–H and O–H groups in total. The van der Waals surface area contributed by atoms with Crippen molar-refractivity contribution in [1.29, 1.82) is 0 Å². The second kappa shape index (κ2) is 7.78. The average molecular weight is 293 g/mol. The molecular weight excluding hydrogens is 266 g/mol. The molecule has 1 aromatic carbocycles. The van der Waals surface area contributed by atoms with Gasteiger partial charge < -0.3 is 19.5 Å². The minimum atomic E-state index is -0.511. The number of aliphatic hydroxyl groups excluding tert-OH is 1. The molecule has 2 rings (SSSR count). The Kier molecular flexibility index (Phi) is 6.03. The third-order valence-corrected chi connectivity index (χ3v) is 4.11. The largest absolute Gasteiger partial charge is 0.496 e. The van der Waals surface area contributed by atoms with Crippen LogP contribution in [0.3, 0.4) is 0 Å². The van der Waals surface area contributed by atoms with Gasteiger partial charge in [-0.2, -0.15) is 0 Å². The number of hydrogen-bond donors (Lipinski definition) is 1. The molecule has 0 aliphatic carbocycles. The first-order valence-corrected chi connectivity index (χ1v) is 7.80. The van der Waals surface area contributed by atoms with Gasteiger partial charge in [-0.05, 0) is 38.8 Å². The number of piperidine rings is 1. The number of aryl methyl sites for hydroxylation is 1. The number of methoxy groups -OCH3 is 1. The molecule has 1 fully saturated rings. The summed E-state index contributed by atoms with van der Waals surface area (Å²) in [5.74, 6) is 0.761. The van der Waals surface area contributed by atoms with Gasteiger partial charge in [0.2, 0.25) is 0 Å². The van der Waals surface area contributed by atoms with Crippen molar-refractivity contribution in [3.8, 4) is 5.75 Å². The molecule has 0 amide bonds. The van der Waals surface area contributed by atoms with Crippen LogP contribution in [0.4, 0.5) is 0 Å². The van der Waals surface area contributed by atoms with E-state index >= 15 is 0 Å².